The second-order valence-electron chi connectivity index (χ2n) is 5.64. The number of nitrogens with zero attached hydrogens (tertiary/aromatic N) is 1. The number of hydrogen-bond donors (Lipinski definition) is 3. The number of likely N-dealkylation sites (tertiary alicyclic amines) is 1. The molecule has 1 aromatic carbocycles. The maximum absolute atomic E-state index is 12.3. The number of carbonyl (C=O) groups is 3. The molecule has 24 heavy (non-hydrogen) atoms. The van der Waals surface area contributed by atoms with Crippen LogP contribution >= 0.6 is 0 Å². The Morgan fingerprint density at radius 1 is 1.46 bits per heavy atom. The summed E-state index contributed by atoms with van der Waals surface area (Å²) >= 11 is 0. The van der Waals surface area contributed by atoms with Crippen molar-refractivity contribution in [2.45, 2.75) is 13.3 Å². The molecule has 3 N–H and O–H groups in total. The summed E-state index contributed by atoms with van der Waals surface area (Å²) in [6, 6.07) is 4.22. The highest BCUT2D eigenvalue weighted by Gasteiger charge is 2.28. The van der Waals surface area contributed by atoms with Crippen molar-refractivity contribution in [2.75, 3.05) is 25.0 Å². The number of rotatable bonds is 6. The summed E-state index contributed by atoms with van der Waals surface area (Å²) in [6.07, 6.45) is 1.53. The van der Waals surface area contributed by atoms with E-state index in [-0.39, 0.29) is 23.1 Å². The summed E-state index contributed by atoms with van der Waals surface area (Å²) < 4.78 is 0. The van der Waals surface area contributed by atoms with Gasteiger partial charge in [-0.2, -0.15) is 0 Å². The number of aromatic hydroxyl groups is 1. The molecule has 1 unspecified atom stereocenters. The largest absolute Gasteiger partial charge is 0.507 e. The molecule has 7 nitrogen and oxygen atoms in total. The van der Waals surface area contributed by atoms with Crippen LogP contribution in [0.2, 0.25) is 0 Å². The van der Waals surface area contributed by atoms with Crippen molar-refractivity contribution in [3.63, 3.8) is 0 Å². The van der Waals surface area contributed by atoms with E-state index in [0.29, 0.717) is 31.7 Å². The van der Waals surface area contributed by atoms with Gasteiger partial charge in [0.2, 0.25) is 11.8 Å². The van der Waals surface area contributed by atoms with Crippen LogP contribution in [0, 0.1) is 5.92 Å². The molecule has 0 aliphatic carbocycles. The molecule has 0 saturated carbocycles. The van der Waals surface area contributed by atoms with Crippen LogP contribution in [0.3, 0.4) is 0 Å². The topological polar surface area (TPSA) is 98.7 Å². The molecule has 3 amide bonds. The van der Waals surface area contributed by atoms with Crippen molar-refractivity contribution >= 4 is 23.4 Å². The molecule has 1 aliphatic rings. The molecule has 0 bridgehead atoms. The van der Waals surface area contributed by atoms with Crippen LogP contribution in [0.15, 0.2) is 30.9 Å². The molecule has 2 rings (SSSR count). The molecule has 0 aromatic heterocycles. The minimum Gasteiger partial charge on any atom is -0.507 e. The van der Waals surface area contributed by atoms with Crippen molar-refractivity contribution in [1.82, 2.24) is 10.2 Å². The Balaban J connectivity index is 1.99. The number of nitrogens with one attached hydrogen (secondary N) is 2. The quantitative estimate of drug-likeness (QED) is 0.537. The summed E-state index contributed by atoms with van der Waals surface area (Å²) in [4.78, 5) is 37.0. The third kappa shape index (κ3) is 4.13. The zero-order chi connectivity index (χ0) is 17.7. The fourth-order valence-corrected chi connectivity index (χ4v) is 2.62. The average molecular weight is 331 g/mol. The number of phenols is 1. The molecule has 1 saturated heterocycles. The lowest BCUT2D eigenvalue weighted by atomic mass is 10.1. The number of hydrogen-bond acceptors (Lipinski definition) is 4. The Bertz CT molecular complexity index is 672. The van der Waals surface area contributed by atoms with Gasteiger partial charge in [-0.25, -0.2) is 0 Å². The lowest BCUT2D eigenvalue weighted by molar-refractivity contribution is -0.127. The van der Waals surface area contributed by atoms with Gasteiger partial charge >= 0.3 is 0 Å². The Hall–Kier alpha value is -2.83. The van der Waals surface area contributed by atoms with Crippen LogP contribution in [0.4, 0.5) is 5.69 Å². The van der Waals surface area contributed by atoms with Crippen molar-refractivity contribution in [2.24, 2.45) is 5.92 Å². The average Bonchev–Trinajstić information content (AvgIpc) is 2.94. The van der Waals surface area contributed by atoms with E-state index in [9.17, 15) is 19.5 Å². The number of carbonyl (C=O) groups excluding carboxylic acids is 3. The lowest BCUT2D eigenvalue weighted by Crippen LogP contribution is -2.31. The molecule has 1 fully saturated rings. The number of phenolic OH excluding ortho intramolecular Hbond substituents is 1. The standard InChI is InChI=1S/C17H21N3O4/c1-3-15(22)19-12-5-6-14(21)13(8-12)17(24)18-9-11-7-16(23)20(4-2)10-11/h3,5-6,8,11,21H,1,4,7,9-10H2,2H3,(H,18,24)(H,19,22). The summed E-state index contributed by atoms with van der Waals surface area (Å²) in [7, 11) is 0. The van der Waals surface area contributed by atoms with Gasteiger partial charge in [-0.1, -0.05) is 6.58 Å². The third-order valence-electron chi connectivity index (χ3n) is 3.92. The Morgan fingerprint density at radius 2 is 2.21 bits per heavy atom. The summed E-state index contributed by atoms with van der Waals surface area (Å²) in [5.41, 5.74) is 0.449. The molecule has 128 valence electrons. The minimum absolute atomic E-state index is 0.0622. The number of benzene rings is 1. The van der Waals surface area contributed by atoms with Gasteiger partial charge in [0.05, 0.1) is 5.56 Å². The molecular weight excluding hydrogens is 310 g/mol. The first kappa shape index (κ1) is 17.5. The first-order valence-electron chi connectivity index (χ1n) is 7.77. The molecule has 0 radical (unpaired) electrons. The van der Waals surface area contributed by atoms with Crippen molar-refractivity contribution < 1.29 is 19.5 Å². The van der Waals surface area contributed by atoms with E-state index in [4.69, 9.17) is 0 Å². The van der Waals surface area contributed by atoms with Gasteiger partial charge in [-0.3, -0.25) is 14.4 Å². The normalized spacial score (nSPS) is 16.8. The van der Waals surface area contributed by atoms with E-state index in [1.165, 1.54) is 18.2 Å². The van der Waals surface area contributed by atoms with Gasteiger partial charge in [0.15, 0.2) is 0 Å². The highest BCUT2D eigenvalue weighted by atomic mass is 16.3. The number of amides is 3. The van der Waals surface area contributed by atoms with Gasteiger partial charge in [-0.05, 0) is 31.2 Å². The summed E-state index contributed by atoms with van der Waals surface area (Å²) in [5.74, 6) is -0.886. The third-order valence-corrected chi connectivity index (χ3v) is 3.92. The van der Waals surface area contributed by atoms with E-state index in [2.05, 4.69) is 17.2 Å². The second kappa shape index (κ2) is 7.63. The summed E-state index contributed by atoms with van der Waals surface area (Å²) in [6.45, 7) is 6.90. The van der Waals surface area contributed by atoms with Crippen LogP contribution in [0.5, 0.6) is 5.75 Å². The maximum atomic E-state index is 12.3. The van der Waals surface area contributed by atoms with Crippen molar-refractivity contribution in [3.8, 4) is 5.75 Å². The predicted octanol–water partition coefficient (Wildman–Crippen LogP) is 1.11. The first-order valence-corrected chi connectivity index (χ1v) is 7.77. The van der Waals surface area contributed by atoms with Crippen LogP contribution < -0.4 is 10.6 Å². The molecule has 1 atom stereocenters. The highest BCUT2D eigenvalue weighted by molar-refractivity contribution is 6.01. The van der Waals surface area contributed by atoms with E-state index >= 15 is 0 Å². The molecule has 1 aromatic rings. The Morgan fingerprint density at radius 3 is 2.83 bits per heavy atom. The van der Waals surface area contributed by atoms with Gasteiger partial charge in [0.25, 0.3) is 5.91 Å². The van der Waals surface area contributed by atoms with E-state index in [1.54, 1.807) is 4.90 Å². The molecule has 7 heteroatoms. The zero-order valence-electron chi connectivity index (χ0n) is 13.5. The van der Waals surface area contributed by atoms with Gasteiger partial charge in [0.1, 0.15) is 5.75 Å². The lowest BCUT2D eigenvalue weighted by Gasteiger charge is -2.14. The first-order chi connectivity index (χ1) is 11.4. The van der Waals surface area contributed by atoms with E-state index in [1.807, 2.05) is 6.92 Å². The molecule has 0 spiro atoms. The fraction of sp³-hybridized carbons (Fsp3) is 0.353. The Labute approximate surface area is 140 Å². The highest BCUT2D eigenvalue weighted by Crippen LogP contribution is 2.22. The SMILES string of the molecule is C=CC(=O)Nc1ccc(O)c(C(=O)NCC2CC(=O)N(CC)C2)c1. The van der Waals surface area contributed by atoms with Crippen LogP contribution in [-0.4, -0.2) is 47.4 Å². The van der Waals surface area contributed by atoms with Gasteiger partial charge in [0, 0.05) is 37.7 Å². The fourth-order valence-electron chi connectivity index (χ4n) is 2.62. The summed E-state index contributed by atoms with van der Waals surface area (Å²) in [5, 5.41) is 15.1. The van der Waals surface area contributed by atoms with Crippen LogP contribution in [-0.2, 0) is 9.59 Å². The van der Waals surface area contributed by atoms with E-state index in [0.717, 1.165) is 6.08 Å². The maximum Gasteiger partial charge on any atom is 0.255 e. The zero-order valence-corrected chi connectivity index (χ0v) is 13.5. The van der Waals surface area contributed by atoms with Crippen LogP contribution in [0.1, 0.15) is 23.7 Å². The molecule has 1 aliphatic heterocycles. The smallest absolute Gasteiger partial charge is 0.255 e. The number of anilines is 1. The minimum atomic E-state index is -0.454. The van der Waals surface area contributed by atoms with Crippen molar-refractivity contribution in [1.29, 1.82) is 0 Å². The molecule has 1 heterocycles. The van der Waals surface area contributed by atoms with E-state index < -0.39 is 11.8 Å². The Kier molecular flexibility index (Phi) is 5.57. The predicted molar refractivity (Wildman–Crippen MR) is 89.6 cm³/mol. The van der Waals surface area contributed by atoms with Gasteiger partial charge < -0.3 is 20.6 Å². The monoisotopic (exact) mass is 331 g/mol. The van der Waals surface area contributed by atoms with Gasteiger partial charge in [-0.15, -0.1) is 0 Å². The second-order valence-corrected chi connectivity index (χ2v) is 5.64. The van der Waals surface area contributed by atoms with Crippen LogP contribution in [0.25, 0.3) is 0 Å². The molecular formula is C17H21N3O4. The van der Waals surface area contributed by atoms with Crippen molar-refractivity contribution in [3.05, 3.63) is 36.4 Å².